The summed E-state index contributed by atoms with van der Waals surface area (Å²) in [6, 6.07) is 5.46. The SMILES string of the molecule is CC1(C)CCN2CCC(C)(C)c3c2c1cc1cc(/C=C/C=C(\C#N)C(=O)[O-])c(=O)oc31. The maximum Gasteiger partial charge on any atom is 0.343 e. The van der Waals surface area contributed by atoms with Crippen LogP contribution in [0, 0.1) is 11.3 Å². The van der Waals surface area contributed by atoms with E-state index in [1.807, 2.05) is 0 Å². The molecule has 2 aliphatic heterocycles. The summed E-state index contributed by atoms with van der Waals surface area (Å²) in [5.74, 6) is -1.56. The number of aliphatic carboxylic acids is 1. The van der Waals surface area contributed by atoms with Crippen molar-refractivity contribution in [2.75, 3.05) is 18.0 Å². The van der Waals surface area contributed by atoms with Crippen molar-refractivity contribution in [1.82, 2.24) is 0 Å². The third-order valence-corrected chi connectivity index (χ3v) is 6.64. The highest BCUT2D eigenvalue weighted by Crippen LogP contribution is 2.51. The Labute approximate surface area is 181 Å². The summed E-state index contributed by atoms with van der Waals surface area (Å²) in [5, 5.41) is 20.5. The van der Waals surface area contributed by atoms with Gasteiger partial charge in [0, 0.05) is 29.7 Å². The van der Waals surface area contributed by atoms with Gasteiger partial charge in [-0.05, 0) is 53.5 Å². The van der Waals surface area contributed by atoms with Crippen LogP contribution >= 0.6 is 0 Å². The number of benzene rings is 1. The third kappa shape index (κ3) is 3.44. The van der Waals surface area contributed by atoms with Crippen LogP contribution in [0.15, 0.2) is 39.1 Å². The van der Waals surface area contributed by atoms with E-state index >= 15 is 0 Å². The highest BCUT2D eigenvalue weighted by Gasteiger charge is 2.41. The molecule has 2 aromatic rings. The lowest BCUT2D eigenvalue weighted by atomic mass is 9.69. The van der Waals surface area contributed by atoms with Crippen molar-refractivity contribution in [1.29, 1.82) is 5.26 Å². The molecule has 0 unspecified atom stereocenters. The average molecular weight is 417 g/mol. The highest BCUT2D eigenvalue weighted by atomic mass is 16.4. The summed E-state index contributed by atoms with van der Waals surface area (Å²) in [7, 11) is 0. The quantitative estimate of drug-likeness (QED) is 0.329. The molecule has 0 saturated carbocycles. The molecule has 6 nitrogen and oxygen atoms in total. The second-order valence-corrected chi connectivity index (χ2v) is 9.65. The molecule has 0 bridgehead atoms. The fourth-order valence-electron chi connectivity index (χ4n) is 4.68. The van der Waals surface area contributed by atoms with E-state index in [1.165, 1.54) is 23.4 Å². The molecule has 0 aliphatic carbocycles. The summed E-state index contributed by atoms with van der Waals surface area (Å²) >= 11 is 0. The van der Waals surface area contributed by atoms with Gasteiger partial charge in [-0.3, -0.25) is 0 Å². The summed E-state index contributed by atoms with van der Waals surface area (Å²) in [6.07, 6.45) is 5.96. The Bertz CT molecular complexity index is 1250. The molecule has 0 fully saturated rings. The number of nitrogens with zero attached hydrogens (tertiary/aromatic N) is 2. The molecule has 0 radical (unpaired) electrons. The van der Waals surface area contributed by atoms with E-state index < -0.39 is 17.2 Å². The Morgan fingerprint density at radius 3 is 2.52 bits per heavy atom. The lowest BCUT2D eigenvalue weighted by molar-refractivity contribution is -0.298. The van der Waals surface area contributed by atoms with E-state index in [0.29, 0.717) is 11.1 Å². The smallest absolute Gasteiger partial charge is 0.343 e. The van der Waals surface area contributed by atoms with Gasteiger partial charge in [0.1, 0.15) is 11.7 Å². The third-order valence-electron chi connectivity index (χ3n) is 6.64. The van der Waals surface area contributed by atoms with Crippen molar-refractivity contribution in [3.05, 3.63) is 57.0 Å². The van der Waals surface area contributed by atoms with E-state index in [4.69, 9.17) is 9.68 Å². The molecule has 3 heterocycles. The lowest BCUT2D eigenvalue weighted by Gasteiger charge is -2.48. The van der Waals surface area contributed by atoms with Crippen LogP contribution in [0.1, 0.15) is 57.2 Å². The van der Waals surface area contributed by atoms with Crippen LogP contribution in [-0.4, -0.2) is 19.1 Å². The fourth-order valence-corrected chi connectivity index (χ4v) is 4.68. The van der Waals surface area contributed by atoms with Crippen LogP contribution in [0.3, 0.4) is 0 Å². The average Bonchev–Trinajstić information content (AvgIpc) is 2.69. The fraction of sp³-hybridized carbons (Fsp3) is 0.400. The lowest BCUT2D eigenvalue weighted by Crippen LogP contribution is -2.44. The van der Waals surface area contributed by atoms with Gasteiger partial charge in [0.05, 0.1) is 17.1 Å². The molecule has 0 amide bonds. The van der Waals surface area contributed by atoms with Gasteiger partial charge in [-0.25, -0.2) is 4.79 Å². The Morgan fingerprint density at radius 2 is 1.87 bits per heavy atom. The number of hydrogen-bond acceptors (Lipinski definition) is 6. The van der Waals surface area contributed by atoms with Crippen LogP contribution < -0.4 is 15.6 Å². The number of carbonyl (C=O) groups is 1. The Hall–Kier alpha value is -3.33. The standard InChI is InChI=1S/C25H26N2O4/c1-24(2)8-10-27-11-9-25(3,4)19-20(27)18(24)13-17-12-15(23(30)31-21(17)19)6-5-7-16(14-26)22(28)29/h5-7,12-13H,8-11H2,1-4H3,(H,28,29)/p-1/b6-5+,16-7+. The summed E-state index contributed by atoms with van der Waals surface area (Å²) in [4.78, 5) is 26.0. The number of fused-ring (bicyclic) bond motifs is 2. The largest absolute Gasteiger partial charge is 0.544 e. The number of rotatable bonds is 3. The van der Waals surface area contributed by atoms with E-state index in [1.54, 1.807) is 12.1 Å². The van der Waals surface area contributed by atoms with Gasteiger partial charge in [0.15, 0.2) is 0 Å². The predicted molar refractivity (Wildman–Crippen MR) is 118 cm³/mol. The molecule has 2 aliphatic rings. The van der Waals surface area contributed by atoms with E-state index in [0.717, 1.165) is 43.0 Å². The first-order chi connectivity index (χ1) is 14.5. The van der Waals surface area contributed by atoms with Gasteiger partial charge < -0.3 is 19.2 Å². The number of nitriles is 1. The van der Waals surface area contributed by atoms with Crippen molar-refractivity contribution in [2.24, 2.45) is 0 Å². The molecule has 6 heteroatoms. The van der Waals surface area contributed by atoms with Gasteiger partial charge in [-0.1, -0.05) is 33.8 Å². The maximum absolute atomic E-state index is 12.7. The minimum atomic E-state index is -1.56. The van der Waals surface area contributed by atoms with Gasteiger partial charge in [-0.15, -0.1) is 0 Å². The number of allylic oxidation sites excluding steroid dienone is 2. The zero-order valence-corrected chi connectivity index (χ0v) is 18.2. The van der Waals surface area contributed by atoms with Gasteiger partial charge in [-0.2, -0.15) is 5.26 Å². The van der Waals surface area contributed by atoms with Crippen LogP contribution in [0.2, 0.25) is 0 Å². The molecule has 1 aromatic carbocycles. The molecular formula is C25H25N2O4-. The van der Waals surface area contributed by atoms with E-state index in [9.17, 15) is 14.7 Å². The molecule has 0 spiro atoms. The molecular weight excluding hydrogens is 392 g/mol. The van der Waals surface area contributed by atoms with Crippen molar-refractivity contribution in [3.63, 3.8) is 0 Å². The van der Waals surface area contributed by atoms with Crippen molar-refractivity contribution >= 4 is 28.7 Å². The molecule has 160 valence electrons. The molecule has 31 heavy (non-hydrogen) atoms. The van der Waals surface area contributed by atoms with E-state index in [2.05, 4.69) is 38.7 Å². The monoisotopic (exact) mass is 417 g/mol. The normalized spacial score (nSPS) is 19.3. The summed E-state index contributed by atoms with van der Waals surface area (Å²) < 4.78 is 5.85. The molecule has 0 saturated heterocycles. The van der Waals surface area contributed by atoms with Crippen LogP contribution in [0.25, 0.3) is 17.0 Å². The summed E-state index contributed by atoms with van der Waals surface area (Å²) in [5.41, 5.74) is 3.36. The van der Waals surface area contributed by atoms with Crippen molar-refractivity contribution in [2.45, 2.75) is 51.4 Å². The number of carboxylic acids is 1. The Morgan fingerprint density at radius 1 is 1.19 bits per heavy atom. The summed E-state index contributed by atoms with van der Waals surface area (Å²) in [6.45, 7) is 10.9. The second-order valence-electron chi connectivity index (χ2n) is 9.65. The van der Waals surface area contributed by atoms with Crippen LogP contribution in [0.5, 0.6) is 0 Å². The molecule has 1 aromatic heterocycles. The number of carbonyl (C=O) groups excluding carboxylic acids is 1. The van der Waals surface area contributed by atoms with Gasteiger partial charge in [0.25, 0.3) is 0 Å². The van der Waals surface area contributed by atoms with Crippen molar-refractivity contribution < 1.29 is 14.3 Å². The topological polar surface area (TPSA) is 97.4 Å². The number of anilines is 1. The molecule has 0 atom stereocenters. The van der Waals surface area contributed by atoms with Gasteiger partial charge in [0.2, 0.25) is 0 Å². The minimum absolute atomic E-state index is 0.00720. The predicted octanol–water partition coefficient (Wildman–Crippen LogP) is 3.18. The van der Waals surface area contributed by atoms with Crippen molar-refractivity contribution in [3.8, 4) is 6.07 Å². The Balaban J connectivity index is 1.94. The first-order valence-electron chi connectivity index (χ1n) is 10.5. The van der Waals surface area contributed by atoms with E-state index in [-0.39, 0.29) is 10.8 Å². The number of carboxylic acid groups (broad SMARTS) is 1. The number of hydrogen-bond donors (Lipinski definition) is 0. The Kier molecular flexibility index (Phi) is 4.81. The first-order valence-corrected chi connectivity index (χ1v) is 10.5. The second kappa shape index (κ2) is 7.12. The maximum atomic E-state index is 12.7. The molecule has 4 rings (SSSR count). The zero-order chi connectivity index (χ0) is 22.6. The van der Waals surface area contributed by atoms with Crippen LogP contribution in [-0.2, 0) is 15.6 Å². The van der Waals surface area contributed by atoms with Crippen LogP contribution in [0.4, 0.5) is 5.69 Å². The van der Waals surface area contributed by atoms with Gasteiger partial charge >= 0.3 is 5.63 Å². The minimum Gasteiger partial charge on any atom is -0.544 e. The first kappa shape index (κ1) is 20.9. The molecule has 0 N–H and O–H groups in total. The zero-order valence-electron chi connectivity index (χ0n) is 18.2. The highest BCUT2D eigenvalue weighted by molar-refractivity contribution is 5.92.